The highest BCUT2D eigenvalue weighted by molar-refractivity contribution is 5.97. The predicted molar refractivity (Wildman–Crippen MR) is 66.2 cm³/mol. The second-order valence-corrected chi connectivity index (χ2v) is 3.82. The van der Waals surface area contributed by atoms with Crippen LogP contribution in [0.15, 0.2) is 24.3 Å². The van der Waals surface area contributed by atoms with Crippen molar-refractivity contribution in [1.82, 2.24) is 0 Å². The van der Waals surface area contributed by atoms with Crippen molar-refractivity contribution >= 4 is 17.5 Å². The fourth-order valence-electron chi connectivity index (χ4n) is 1.41. The minimum absolute atomic E-state index is 0.153. The first-order valence-corrected chi connectivity index (χ1v) is 5.46. The van der Waals surface area contributed by atoms with Crippen LogP contribution in [0.2, 0.25) is 0 Å². The van der Waals surface area contributed by atoms with E-state index in [-0.39, 0.29) is 6.42 Å². The third kappa shape index (κ3) is 4.24. The van der Waals surface area contributed by atoms with Crippen molar-refractivity contribution in [2.45, 2.75) is 25.8 Å². The van der Waals surface area contributed by atoms with Crippen molar-refractivity contribution in [2.75, 3.05) is 5.32 Å². The Bertz CT molecular complexity index is 418. The number of carbonyl (C=O) groups excluding carboxylic acids is 2. The van der Waals surface area contributed by atoms with E-state index in [4.69, 9.17) is 11.5 Å². The number of primary amides is 1. The zero-order chi connectivity index (χ0) is 12.8. The maximum absolute atomic E-state index is 11.6. The van der Waals surface area contributed by atoms with Crippen molar-refractivity contribution in [3.05, 3.63) is 29.8 Å². The van der Waals surface area contributed by atoms with Crippen molar-refractivity contribution in [3.63, 3.8) is 0 Å². The average molecular weight is 235 g/mol. The molecule has 0 heterocycles. The summed E-state index contributed by atoms with van der Waals surface area (Å²) >= 11 is 0. The molecule has 5 nitrogen and oxygen atoms in total. The SMILES string of the molecule is CCc1cccc(NC(=O)C(N)CC(N)=O)c1. The molecule has 0 radical (unpaired) electrons. The van der Waals surface area contributed by atoms with Crippen LogP contribution in [-0.2, 0) is 16.0 Å². The van der Waals surface area contributed by atoms with Crippen molar-refractivity contribution < 1.29 is 9.59 Å². The van der Waals surface area contributed by atoms with Gasteiger partial charge in [-0.25, -0.2) is 0 Å². The number of amides is 2. The highest BCUT2D eigenvalue weighted by Crippen LogP contribution is 2.11. The van der Waals surface area contributed by atoms with Crippen molar-refractivity contribution in [1.29, 1.82) is 0 Å². The molecule has 0 aliphatic heterocycles. The monoisotopic (exact) mass is 235 g/mol. The van der Waals surface area contributed by atoms with E-state index in [1.54, 1.807) is 6.07 Å². The fourth-order valence-corrected chi connectivity index (χ4v) is 1.41. The van der Waals surface area contributed by atoms with E-state index in [0.717, 1.165) is 12.0 Å². The molecular formula is C12H17N3O2. The summed E-state index contributed by atoms with van der Waals surface area (Å²) in [5, 5.41) is 2.65. The summed E-state index contributed by atoms with van der Waals surface area (Å²) in [5.41, 5.74) is 12.3. The van der Waals surface area contributed by atoms with E-state index in [0.29, 0.717) is 5.69 Å². The summed E-state index contributed by atoms with van der Waals surface area (Å²) in [6, 6.07) is 6.56. The lowest BCUT2D eigenvalue weighted by Crippen LogP contribution is -2.38. The molecule has 0 saturated heterocycles. The Labute approximate surface area is 100 Å². The highest BCUT2D eigenvalue weighted by Gasteiger charge is 2.15. The Balaban J connectivity index is 2.64. The minimum Gasteiger partial charge on any atom is -0.370 e. The van der Waals surface area contributed by atoms with Gasteiger partial charge in [0.25, 0.3) is 0 Å². The highest BCUT2D eigenvalue weighted by atomic mass is 16.2. The number of anilines is 1. The first-order valence-electron chi connectivity index (χ1n) is 5.46. The van der Waals surface area contributed by atoms with E-state index >= 15 is 0 Å². The largest absolute Gasteiger partial charge is 0.370 e. The van der Waals surface area contributed by atoms with Crippen LogP contribution in [0.4, 0.5) is 5.69 Å². The Morgan fingerprint density at radius 2 is 2.12 bits per heavy atom. The van der Waals surface area contributed by atoms with Gasteiger partial charge in [-0.05, 0) is 24.1 Å². The number of carbonyl (C=O) groups is 2. The van der Waals surface area contributed by atoms with Gasteiger partial charge in [-0.1, -0.05) is 19.1 Å². The molecule has 92 valence electrons. The van der Waals surface area contributed by atoms with Crippen LogP contribution in [0, 0.1) is 0 Å². The van der Waals surface area contributed by atoms with Gasteiger partial charge in [-0.15, -0.1) is 0 Å². The molecule has 1 atom stereocenters. The molecule has 0 aromatic heterocycles. The number of benzene rings is 1. The topological polar surface area (TPSA) is 98.2 Å². The molecular weight excluding hydrogens is 218 g/mol. The molecule has 0 bridgehead atoms. The van der Waals surface area contributed by atoms with Crippen LogP contribution in [0.25, 0.3) is 0 Å². The maximum Gasteiger partial charge on any atom is 0.241 e. The van der Waals surface area contributed by atoms with Gasteiger partial charge in [-0.2, -0.15) is 0 Å². The molecule has 0 spiro atoms. The Hall–Kier alpha value is -1.88. The van der Waals surface area contributed by atoms with E-state index in [1.165, 1.54) is 0 Å². The molecule has 17 heavy (non-hydrogen) atoms. The average Bonchev–Trinajstić information content (AvgIpc) is 2.28. The molecule has 1 aromatic carbocycles. The summed E-state index contributed by atoms with van der Waals surface area (Å²) in [6.45, 7) is 2.03. The fraction of sp³-hybridized carbons (Fsp3) is 0.333. The van der Waals surface area contributed by atoms with Crippen LogP contribution < -0.4 is 16.8 Å². The van der Waals surface area contributed by atoms with E-state index < -0.39 is 17.9 Å². The number of hydrogen-bond acceptors (Lipinski definition) is 3. The molecule has 0 fully saturated rings. The van der Waals surface area contributed by atoms with Crippen LogP contribution in [-0.4, -0.2) is 17.9 Å². The third-order valence-corrected chi connectivity index (χ3v) is 2.36. The van der Waals surface area contributed by atoms with Crippen LogP contribution in [0.5, 0.6) is 0 Å². The summed E-state index contributed by atoms with van der Waals surface area (Å²) in [6.07, 6.45) is 0.732. The number of nitrogens with one attached hydrogen (secondary N) is 1. The van der Waals surface area contributed by atoms with Crippen molar-refractivity contribution in [2.24, 2.45) is 11.5 Å². The minimum atomic E-state index is -0.905. The second-order valence-electron chi connectivity index (χ2n) is 3.82. The summed E-state index contributed by atoms with van der Waals surface area (Å²) < 4.78 is 0. The Kier molecular flexibility index (Phi) is 4.66. The van der Waals surface area contributed by atoms with Gasteiger partial charge in [0.05, 0.1) is 12.5 Å². The number of rotatable bonds is 5. The van der Waals surface area contributed by atoms with E-state index in [9.17, 15) is 9.59 Å². The molecule has 0 saturated carbocycles. The normalized spacial score (nSPS) is 11.9. The second kappa shape index (κ2) is 6.00. The molecule has 1 unspecified atom stereocenters. The lowest BCUT2D eigenvalue weighted by molar-refractivity contribution is -0.123. The predicted octanol–water partition coefficient (Wildman–Crippen LogP) is 0.390. The van der Waals surface area contributed by atoms with Gasteiger partial charge in [0.2, 0.25) is 11.8 Å². The molecule has 5 heteroatoms. The van der Waals surface area contributed by atoms with Crippen molar-refractivity contribution in [3.8, 4) is 0 Å². The molecule has 2 amide bonds. The van der Waals surface area contributed by atoms with Gasteiger partial charge in [-0.3, -0.25) is 9.59 Å². The molecule has 1 aromatic rings. The zero-order valence-electron chi connectivity index (χ0n) is 9.77. The summed E-state index contributed by atoms with van der Waals surface area (Å²) in [7, 11) is 0. The van der Waals surface area contributed by atoms with E-state index in [1.807, 2.05) is 25.1 Å². The van der Waals surface area contributed by atoms with Gasteiger partial charge >= 0.3 is 0 Å². The number of hydrogen-bond donors (Lipinski definition) is 3. The molecule has 5 N–H and O–H groups in total. The standard InChI is InChI=1S/C12H17N3O2/c1-2-8-4-3-5-9(6-8)15-12(17)10(13)7-11(14)16/h3-6,10H,2,7,13H2,1H3,(H2,14,16)(H,15,17). The molecule has 0 aliphatic rings. The van der Waals surface area contributed by atoms with Crippen LogP contribution in [0.1, 0.15) is 18.9 Å². The van der Waals surface area contributed by atoms with Gasteiger partial charge in [0.15, 0.2) is 0 Å². The Morgan fingerprint density at radius 3 is 2.71 bits per heavy atom. The van der Waals surface area contributed by atoms with Gasteiger partial charge < -0.3 is 16.8 Å². The van der Waals surface area contributed by atoms with E-state index in [2.05, 4.69) is 5.32 Å². The van der Waals surface area contributed by atoms with Crippen LogP contribution >= 0.6 is 0 Å². The summed E-state index contributed by atoms with van der Waals surface area (Å²) in [4.78, 5) is 22.2. The van der Waals surface area contributed by atoms with Gasteiger partial charge in [0.1, 0.15) is 0 Å². The Morgan fingerprint density at radius 1 is 1.41 bits per heavy atom. The molecule has 1 rings (SSSR count). The maximum atomic E-state index is 11.6. The smallest absolute Gasteiger partial charge is 0.241 e. The lowest BCUT2D eigenvalue weighted by Gasteiger charge is -2.11. The van der Waals surface area contributed by atoms with Gasteiger partial charge in [0, 0.05) is 5.69 Å². The number of aryl methyl sites for hydroxylation is 1. The van der Waals surface area contributed by atoms with Crippen LogP contribution in [0.3, 0.4) is 0 Å². The third-order valence-electron chi connectivity index (χ3n) is 2.36. The number of nitrogens with two attached hydrogens (primary N) is 2. The molecule has 0 aliphatic carbocycles. The zero-order valence-corrected chi connectivity index (χ0v) is 9.77. The lowest BCUT2D eigenvalue weighted by atomic mass is 10.1. The summed E-state index contributed by atoms with van der Waals surface area (Å²) in [5.74, 6) is -0.994. The quantitative estimate of drug-likeness (QED) is 0.688. The first-order chi connectivity index (χ1) is 8.02. The first kappa shape index (κ1) is 13.2.